The van der Waals surface area contributed by atoms with Crippen LogP contribution in [-0.4, -0.2) is 24.6 Å². The maximum atomic E-state index is 12.6. The molecule has 1 aliphatic rings. The number of nitrogens with zero attached hydrogens (tertiary/aromatic N) is 2. The van der Waals surface area contributed by atoms with Gasteiger partial charge in [0.15, 0.2) is 0 Å². The normalized spacial score (nSPS) is 15.6. The van der Waals surface area contributed by atoms with Crippen molar-refractivity contribution in [3.63, 3.8) is 0 Å². The SMILES string of the molecule is Cc1ccc(N2C[C@@H](C(=O)N/N=C\c3ccc(OCc4ccc(Cl)cc4Cl)cc3)CC2=O)cc1C. The lowest BCUT2D eigenvalue weighted by Gasteiger charge is -2.17. The van der Waals surface area contributed by atoms with Gasteiger partial charge in [-0.2, -0.15) is 5.10 Å². The maximum absolute atomic E-state index is 12.6. The van der Waals surface area contributed by atoms with Gasteiger partial charge in [-0.25, -0.2) is 5.43 Å². The average molecular weight is 510 g/mol. The first-order valence-electron chi connectivity index (χ1n) is 11.2. The first kappa shape index (κ1) is 24.8. The average Bonchev–Trinajstić information content (AvgIpc) is 3.23. The van der Waals surface area contributed by atoms with Crippen LogP contribution in [0.15, 0.2) is 65.8 Å². The number of hydrazone groups is 1. The second-order valence-corrected chi connectivity index (χ2v) is 9.35. The number of halogens is 2. The second-order valence-electron chi connectivity index (χ2n) is 8.50. The first-order chi connectivity index (χ1) is 16.8. The zero-order chi connectivity index (χ0) is 24.9. The van der Waals surface area contributed by atoms with Gasteiger partial charge in [0, 0.05) is 34.3 Å². The van der Waals surface area contributed by atoms with Crippen LogP contribution in [0.5, 0.6) is 5.75 Å². The predicted octanol–water partition coefficient (Wildman–Crippen LogP) is 5.69. The highest BCUT2D eigenvalue weighted by Gasteiger charge is 2.35. The lowest BCUT2D eigenvalue weighted by molar-refractivity contribution is -0.126. The molecule has 0 radical (unpaired) electrons. The standard InChI is InChI=1S/C27H25Cl2N3O3/c1-17-3-8-23(11-18(17)2)32-15-21(12-26(32)33)27(34)31-30-14-19-4-9-24(10-5-19)35-16-20-6-7-22(28)13-25(20)29/h3-11,13-14,21H,12,15-16H2,1-2H3,(H,31,34)/b30-14-/t21-/m0/s1. The summed E-state index contributed by atoms with van der Waals surface area (Å²) in [6.07, 6.45) is 1.72. The van der Waals surface area contributed by atoms with Crippen LogP contribution in [0.25, 0.3) is 0 Å². The summed E-state index contributed by atoms with van der Waals surface area (Å²) in [6, 6.07) is 18.4. The van der Waals surface area contributed by atoms with Crippen molar-refractivity contribution in [3.8, 4) is 5.75 Å². The molecule has 1 saturated heterocycles. The van der Waals surface area contributed by atoms with Gasteiger partial charge < -0.3 is 9.64 Å². The Labute approximate surface area is 214 Å². The van der Waals surface area contributed by atoms with Crippen molar-refractivity contribution >= 4 is 46.9 Å². The van der Waals surface area contributed by atoms with Crippen molar-refractivity contribution in [3.05, 3.63) is 93.0 Å². The van der Waals surface area contributed by atoms with Gasteiger partial charge in [0.1, 0.15) is 12.4 Å². The van der Waals surface area contributed by atoms with Crippen LogP contribution in [-0.2, 0) is 16.2 Å². The van der Waals surface area contributed by atoms with Gasteiger partial charge in [-0.3, -0.25) is 9.59 Å². The van der Waals surface area contributed by atoms with Gasteiger partial charge in [0.25, 0.3) is 0 Å². The van der Waals surface area contributed by atoms with E-state index in [1.165, 1.54) is 0 Å². The van der Waals surface area contributed by atoms with Crippen molar-refractivity contribution in [2.24, 2.45) is 11.0 Å². The van der Waals surface area contributed by atoms with Gasteiger partial charge in [0.05, 0.1) is 12.1 Å². The number of hydrogen-bond donors (Lipinski definition) is 1. The highest BCUT2D eigenvalue weighted by atomic mass is 35.5. The number of rotatable bonds is 7. The third kappa shape index (κ3) is 6.21. The number of amides is 2. The number of carbonyl (C=O) groups is 2. The van der Waals surface area contributed by atoms with Crippen LogP contribution >= 0.6 is 23.2 Å². The Morgan fingerprint density at radius 2 is 1.86 bits per heavy atom. The highest BCUT2D eigenvalue weighted by Crippen LogP contribution is 2.27. The van der Waals surface area contributed by atoms with Crippen LogP contribution < -0.4 is 15.1 Å². The van der Waals surface area contributed by atoms with E-state index < -0.39 is 5.92 Å². The summed E-state index contributed by atoms with van der Waals surface area (Å²) in [4.78, 5) is 26.7. The van der Waals surface area contributed by atoms with Crippen LogP contribution in [0.4, 0.5) is 5.69 Å². The Morgan fingerprint density at radius 1 is 1.09 bits per heavy atom. The molecule has 3 aromatic carbocycles. The Bertz CT molecular complexity index is 1280. The molecule has 0 unspecified atom stereocenters. The van der Waals surface area contributed by atoms with E-state index in [9.17, 15) is 9.59 Å². The summed E-state index contributed by atoms with van der Waals surface area (Å²) in [5, 5.41) is 5.18. The second kappa shape index (κ2) is 10.9. The van der Waals surface area contributed by atoms with Crippen LogP contribution in [0, 0.1) is 19.8 Å². The smallest absolute Gasteiger partial charge is 0.245 e. The van der Waals surface area contributed by atoms with Crippen molar-refractivity contribution in [2.45, 2.75) is 26.9 Å². The molecule has 0 aromatic heterocycles. The number of carbonyl (C=O) groups excluding carboxylic acids is 2. The Balaban J connectivity index is 1.28. The van der Waals surface area contributed by atoms with Crippen LogP contribution in [0.1, 0.15) is 28.7 Å². The van der Waals surface area contributed by atoms with E-state index in [-0.39, 0.29) is 18.2 Å². The number of anilines is 1. The van der Waals surface area contributed by atoms with E-state index in [0.717, 1.165) is 27.9 Å². The topological polar surface area (TPSA) is 71.0 Å². The van der Waals surface area contributed by atoms with Gasteiger partial charge >= 0.3 is 0 Å². The molecule has 8 heteroatoms. The van der Waals surface area contributed by atoms with Gasteiger partial charge in [-0.1, -0.05) is 35.3 Å². The largest absolute Gasteiger partial charge is 0.489 e. The fourth-order valence-electron chi connectivity index (χ4n) is 3.74. The summed E-state index contributed by atoms with van der Waals surface area (Å²) >= 11 is 12.1. The first-order valence-corrected chi connectivity index (χ1v) is 11.9. The molecule has 1 aliphatic heterocycles. The molecule has 0 saturated carbocycles. The van der Waals surface area contributed by atoms with E-state index >= 15 is 0 Å². The molecule has 1 N–H and O–H groups in total. The Kier molecular flexibility index (Phi) is 7.73. The molecule has 6 nitrogen and oxygen atoms in total. The molecule has 0 spiro atoms. The molecule has 1 fully saturated rings. The van der Waals surface area contributed by atoms with Crippen molar-refractivity contribution in [2.75, 3.05) is 11.4 Å². The number of aryl methyl sites for hydroxylation is 2. The summed E-state index contributed by atoms with van der Waals surface area (Å²) in [5.74, 6) is -0.113. The number of ether oxygens (including phenoxy) is 1. The summed E-state index contributed by atoms with van der Waals surface area (Å²) < 4.78 is 5.77. The summed E-state index contributed by atoms with van der Waals surface area (Å²) in [6.45, 7) is 4.69. The van der Waals surface area contributed by atoms with E-state index in [1.54, 1.807) is 23.2 Å². The van der Waals surface area contributed by atoms with Crippen LogP contribution in [0.3, 0.4) is 0 Å². The van der Waals surface area contributed by atoms with E-state index in [2.05, 4.69) is 10.5 Å². The Morgan fingerprint density at radius 3 is 2.57 bits per heavy atom. The molecule has 3 aromatic rings. The fourth-order valence-corrected chi connectivity index (χ4v) is 4.20. The molecule has 180 valence electrons. The van der Waals surface area contributed by atoms with Gasteiger partial charge in [0.2, 0.25) is 11.8 Å². The van der Waals surface area contributed by atoms with E-state index in [0.29, 0.717) is 28.9 Å². The minimum atomic E-state index is -0.447. The molecular weight excluding hydrogens is 485 g/mol. The van der Waals surface area contributed by atoms with E-state index in [4.69, 9.17) is 27.9 Å². The third-order valence-electron chi connectivity index (χ3n) is 5.98. The molecule has 0 bridgehead atoms. The molecule has 1 heterocycles. The molecule has 1 atom stereocenters. The van der Waals surface area contributed by atoms with Crippen molar-refractivity contribution < 1.29 is 14.3 Å². The lowest BCUT2D eigenvalue weighted by atomic mass is 10.1. The molecule has 0 aliphatic carbocycles. The predicted molar refractivity (Wildman–Crippen MR) is 139 cm³/mol. The monoisotopic (exact) mass is 509 g/mol. The summed E-state index contributed by atoms with van der Waals surface area (Å²) in [5.41, 5.74) is 7.27. The minimum absolute atomic E-state index is 0.0622. The fraction of sp³-hybridized carbons (Fsp3) is 0.222. The highest BCUT2D eigenvalue weighted by molar-refractivity contribution is 6.35. The van der Waals surface area contributed by atoms with Crippen molar-refractivity contribution in [1.82, 2.24) is 5.43 Å². The van der Waals surface area contributed by atoms with Crippen molar-refractivity contribution in [1.29, 1.82) is 0 Å². The molecule has 2 amide bonds. The molecule has 35 heavy (non-hydrogen) atoms. The van der Waals surface area contributed by atoms with Gasteiger partial charge in [-0.15, -0.1) is 0 Å². The number of benzene rings is 3. The number of hydrogen-bond acceptors (Lipinski definition) is 4. The van der Waals surface area contributed by atoms with Crippen LogP contribution in [0.2, 0.25) is 10.0 Å². The summed E-state index contributed by atoms with van der Waals surface area (Å²) in [7, 11) is 0. The molecule has 4 rings (SSSR count). The molecular formula is C27H25Cl2N3O3. The van der Waals surface area contributed by atoms with Gasteiger partial charge in [-0.05, 0) is 79.1 Å². The van der Waals surface area contributed by atoms with E-state index in [1.807, 2.05) is 62.4 Å². The number of nitrogens with one attached hydrogen (secondary N) is 1. The zero-order valence-electron chi connectivity index (χ0n) is 19.4. The maximum Gasteiger partial charge on any atom is 0.245 e. The minimum Gasteiger partial charge on any atom is -0.489 e. The quantitative estimate of drug-likeness (QED) is 0.328. The lowest BCUT2D eigenvalue weighted by Crippen LogP contribution is -2.30. The zero-order valence-corrected chi connectivity index (χ0v) is 20.9. The third-order valence-corrected chi connectivity index (χ3v) is 6.56. The Hall–Kier alpha value is -3.35.